The van der Waals surface area contributed by atoms with Crippen LogP contribution in [0.25, 0.3) is 17.0 Å². The molecule has 7 nitrogen and oxygen atoms in total. The van der Waals surface area contributed by atoms with Crippen molar-refractivity contribution in [2.75, 3.05) is 14.1 Å². The quantitative estimate of drug-likeness (QED) is 0.377. The van der Waals surface area contributed by atoms with Gasteiger partial charge >= 0.3 is 0 Å². The molecule has 3 aromatic rings. The Hall–Kier alpha value is -2.94. The molecule has 0 aliphatic rings. The first-order valence-electron chi connectivity index (χ1n) is 8.54. The Labute approximate surface area is 163 Å². The minimum atomic E-state index is -3.78. The van der Waals surface area contributed by atoms with Gasteiger partial charge < -0.3 is 4.90 Å². The van der Waals surface area contributed by atoms with Gasteiger partial charge in [0.2, 0.25) is 0 Å². The fraction of sp³-hybridized carbons (Fsp3) is 0.150. The van der Waals surface area contributed by atoms with E-state index < -0.39 is 15.9 Å². The molecule has 1 amide bonds. The van der Waals surface area contributed by atoms with Gasteiger partial charge in [0, 0.05) is 24.2 Å². The van der Waals surface area contributed by atoms with E-state index in [4.69, 9.17) is 5.21 Å². The largest absolute Gasteiger partial charge is 0.305 e. The number of hydrogen-bond donors (Lipinski definition) is 2. The van der Waals surface area contributed by atoms with Crippen molar-refractivity contribution in [3.8, 4) is 0 Å². The van der Waals surface area contributed by atoms with Crippen LogP contribution in [0.2, 0.25) is 0 Å². The Morgan fingerprint density at radius 3 is 2.46 bits per heavy atom. The summed E-state index contributed by atoms with van der Waals surface area (Å²) in [6.45, 7) is 0.625. The van der Waals surface area contributed by atoms with Gasteiger partial charge in [-0.2, -0.15) is 0 Å². The van der Waals surface area contributed by atoms with E-state index in [2.05, 4.69) is 0 Å². The lowest BCUT2D eigenvalue weighted by Crippen LogP contribution is -2.14. The van der Waals surface area contributed by atoms with E-state index in [1.165, 1.54) is 27.7 Å². The van der Waals surface area contributed by atoms with Crippen LogP contribution >= 0.6 is 0 Å². The molecule has 1 aromatic heterocycles. The molecule has 0 atom stereocenters. The smallest absolute Gasteiger partial charge is 0.268 e. The molecule has 0 spiro atoms. The zero-order valence-corrected chi connectivity index (χ0v) is 16.3. The molecule has 0 fully saturated rings. The van der Waals surface area contributed by atoms with E-state index in [-0.39, 0.29) is 4.90 Å². The van der Waals surface area contributed by atoms with Gasteiger partial charge in [0.25, 0.3) is 15.9 Å². The van der Waals surface area contributed by atoms with Crippen molar-refractivity contribution in [3.05, 3.63) is 71.9 Å². The number of nitrogens with one attached hydrogen (secondary N) is 1. The Balaban J connectivity index is 2.01. The highest BCUT2D eigenvalue weighted by molar-refractivity contribution is 7.90. The molecule has 2 N–H and O–H groups in total. The third-order valence-corrected chi connectivity index (χ3v) is 5.91. The average Bonchev–Trinajstić information content (AvgIpc) is 3.05. The molecule has 0 aliphatic carbocycles. The molecule has 28 heavy (non-hydrogen) atoms. The molecule has 146 valence electrons. The second-order valence-electron chi connectivity index (χ2n) is 6.59. The maximum Gasteiger partial charge on any atom is 0.268 e. The van der Waals surface area contributed by atoms with Crippen LogP contribution in [0.3, 0.4) is 0 Å². The van der Waals surface area contributed by atoms with Crippen molar-refractivity contribution in [1.29, 1.82) is 0 Å². The van der Waals surface area contributed by atoms with Crippen molar-refractivity contribution < 1.29 is 18.4 Å². The highest BCUT2D eigenvalue weighted by Crippen LogP contribution is 2.27. The van der Waals surface area contributed by atoms with Gasteiger partial charge in [-0.3, -0.25) is 10.0 Å². The number of carbonyl (C=O) groups excluding carboxylic acids is 1. The van der Waals surface area contributed by atoms with E-state index in [0.29, 0.717) is 17.6 Å². The number of nitrogens with zero attached hydrogens (tertiary/aromatic N) is 2. The summed E-state index contributed by atoms with van der Waals surface area (Å²) in [6.07, 6.45) is 4.29. The minimum Gasteiger partial charge on any atom is -0.305 e. The van der Waals surface area contributed by atoms with Crippen LogP contribution in [0.5, 0.6) is 0 Å². The maximum absolute atomic E-state index is 13.2. The predicted molar refractivity (Wildman–Crippen MR) is 107 cm³/mol. The van der Waals surface area contributed by atoms with Gasteiger partial charge in [-0.1, -0.05) is 30.3 Å². The van der Waals surface area contributed by atoms with E-state index in [9.17, 15) is 13.2 Å². The van der Waals surface area contributed by atoms with Gasteiger partial charge in [-0.25, -0.2) is 17.9 Å². The third kappa shape index (κ3) is 3.99. The molecule has 0 saturated heterocycles. The molecule has 8 heteroatoms. The lowest BCUT2D eigenvalue weighted by atomic mass is 10.2. The molecule has 0 saturated carbocycles. The summed E-state index contributed by atoms with van der Waals surface area (Å²) in [5.41, 5.74) is 3.69. The number of carbonyl (C=O) groups is 1. The first-order chi connectivity index (χ1) is 13.3. The Morgan fingerprint density at radius 1 is 1.14 bits per heavy atom. The Morgan fingerprint density at radius 2 is 1.82 bits per heavy atom. The molecule has 1 heterocycles. The number of benzene rings is 2. The standard InChI is InChI=1S/C20H21N3O4S/c1-22(2)13-16-14-23(19-6-4-3-5-18(16)19)28(26,27)17-10-7-15(8-11-17)9-12-20(24)21-25/h3-12,14,25H,13H2,1-2H3,(H,21,24). The molecule has 0 bridgehead atoms. The molecule has 3 rings (SSSR count). The van der Waals surface area contributed by atoms with Crippen molar-refractivity contribution in [2.24, 2.45) is 0 Å². The number of hydroxylamine groups is 1. The number of rotatable bonds is 6. The lowest BCUT2D eigenvalue weighted by molar-refractivity contribution is -0.124. The number of aromatic nitrogens is 1. The lowest BCUT2D eigenvalue weighted by Gasteiger charge is -2.08. The zero-order chi connectivity index (χ0) is 20.3. The van der Waals surface area contributed by atoms with Crippen molar-refractivity contribution in [2.45, 2.75) is 11.4 Å². The molecular weight excluding hydrogens is 378 g/mol. The highest BCUT2D eigenvalue weighted by atomic mass is 32.2. The van der Waals surface area contributed by atoms with Crippen LogP contribution < -0.4 is 5.48 Å². The van der Waals surface area contributed by atoms with Crippen molar-refractivity contribution >= 4 is 32.9 Å². The minimum absolute atomic E-state index is 0.147. The summed E-state index contributed by atoms with van der Waals surface area (Å²) >= 11 is 0. The summed E-state index contributed by atoms with van der Waals surface area (Å²) in [5.74, 6) is -0.663. The van der Waals surface area contributed by atoms with Gasteiger partial charge in [0.1, 0.15) is 0 Å². The van der Waals surface area contributed by atoms with Gasteiger partial charge in [0.05, 0.1) is 10.4 Å². The highest BCUT2D eigenvalue weighted by Gasteiger charge is 2.21. The van der Waals surface area contributed by atoms with E-state index in [1.807, 2.05) is 37.2 Å². The first-order valence-corrected chi connectivity index (χ1v) is 9.98. The van der Waals surface area contributed by atoms with Crippen LogP contribution in [-0.2, 0) is 21.4 Å². The molecule has 0 unspecified atom stereocenters. The average molecular weight is 399 g/mol. The van der Waals surface area contributed by atoms with Crippen LogP contribution in [0.1, 0.15) is 11.1 Å². The van der Waals surface area contributed by atoms with Gasteiger partial charge in [-0.05, 0) is 49.5 Å². The van der Waals surface area contributed by atoms with Crippen LogP contribution in [-0.4, -0.2) is 42.5 Å². The summed E-state index contributed by atoms with van der Waals surface area (Å²) in [4.78, 5) is 13.2. The van der Waals surface area contributed by atoms with E-state index in [0.717, 1.165) is 17.0 Å². The second kappa shape index (κ2) is 7.97. The first kappa shape index (κ1) is 19.8. The fourth-order valence-corrected chi connectivity index (χ4v) is 4.35. The normalized spacial score (nSPS) is 12.1. The molecule has 0 radical (unpaired) electrons. The number of fused-ring (bicyclic) bond motifs is 1. The topological polar surface area (TPSA) is 91.6 Å². The molecule has 2 aromatic carbocycles. The van der Waals surface area contributed by atoms with Crippen LogP contribution in [0.15, 0.2) is 65.7 Å². The number of amides is 1. The van der Waals surface area contributed by atoms with E-state index in [1.54, 1.807) is 24.4 Å². The zero-order valence-electron chi connectivity index (χ0n) is 15.5. The van der Waals surface area contributed by atoms with Gasteiger partial charge in [0.15, 0.2) is 0 Å². The fourth-order valence-electron chi connectivity index (χ4n) is 2.96. The summed E-state index contributed by atoms with van der Waals surface area (Å²) in [7, 11) is 0.0904. The molecular formula is C20H21N3O4S. The number of para-hydroxylation sites is 1. The Kier molecular flexibility index (Phi) is 5.64. The predicted octanol–water partition coefficient (Wildman–Crippen LogP) is 2.46. The number of hydrogen-bond acceptors (Lipinski definition) is 5. The maximum atomic E-state index is 13.2. The third-order valence-electron chi connectivity index (χ3n) is 4.22. The second-order valence-corrected chi connectivity index (χ2v) is 8.40. The Bertz CT molecular complexity index is 1130. The van der Waals surface area contributed by atoms with Crippen LogP contribution in [0.4, 0.5) is 0 Å². The van der Waals surface area contributed by atoms with Crippen LogP contribution in [0, 0.1) is 0 Å². The van der Waals surface area contributed by atoms with Crippen molar-refractivity contribution in [1.82, 2.24) is 14.4 Å². The van der Waals surface area contributed by atoms with E-state index >= 15 is 0 Å². The van der Waals surface area contributed by atoms with Crippen molar-refractivity contribution in [3.63, 3.8) is 0 Å². The summed E-state index contributed by atoms with van der Waals surface area (Å²) < 4.78 is 27.7. The summed E-state index contributed by atoms with van der Waals surface area (Å²) in [6, 6.07) is 13.6. The SMILES string of the molecule is CN(C)Cc1cn(S(=O)(=O)c2ccc(C=CC(=O)NO)cc2)c2ccccc12. The monoisotopic (exact) mass is 399 g/mol. The summed E-state index contributed by atoms with van der Waals surface area (Å²) in [5, 5.41) is 9.39. The molecule has 0 aliphatic heterocycles. The van der Waals surface area contributed by atoms with Gasteiger partial charge in [-0.15, -0.1) is 0 Å².